The van der Waals surface area contributed by atoms with E-state index in [0.29, 0.717) is 30.0 Å². The molecule has 1 unspecified atom stereocenters. The third-order valence-electron chi connectivity index (χ3n) is 3.49. The topological polar surface area (TPSA) is 68.5 Å². The number of carbonyl (C=O) groups excluding carboxylic acids is 1. The highest BCUT2D eigenvalue weighted by Crippen LogP contribution is 2.28. The number of likely N-dealkylation sites (N-methyl/N-ethyl adjacent to an activating group) is 1. The first-order valence-electron chi connectivity index (χ1n) is 7.17. The van der Waals surface area contributed by atoms with Gasteiger partial charge in [0.1, 0.15) is 11.3 Å². The average Bonchev–Trinajstić information content (AvgIpc) is 2.51. The summed E-state index contributed by atoms with van der Waals surface area (Å²) in [5.74, 6) is 0.550. The number of rotatable bonds is 5. The molecule has 21 heavy (non-hydrogen) atoms. The molecule has 112 valence electrons. The zero-order valence-corrected chi connectivity index (χ0v) is 12.7. The first kappa shape index (κ1) is 15.1. The van der Waals surface area contributed by atoms with Gasteiger partial charge in [0.2, 0.25) is 0 Å². The van der Waals surface area contributed by atoms with Crippen LogP contribution in [0.15, 0.2) is 30.5 Å². The number of nitrogens with zero attached hydrogens (tertiary/aromatic N) is 2. The summed E-state index contributed by atoms with van der Waals surface area (Å²) in [6, 6.07) is 7.25. The lowest BCUT2D eigenvalue weighted by Gasteiger charge is -2.23. The van der Waals surface area contributed by atoms with E-state index in [0.717, 1.165) is 5.39 Å². The van der Waals surface area contributed by atoms with Crippen LogP contribution in [0.1, 0.15) is 20.8 Å². The quantitative estimate of drug-likeness (QED) is 0.858. The molecule has 0 radical (unpaired) electrons. The van der Waals surface area contributed by atoms with Crippen LogP contribution in [0, 0.1) is 0 Å². The first-order chi connectivity index (χ1) is 10.1. The lowest BCUT2D eigenvalue weighted by atomic mass is 10.1. The van der Waals surface area contributed by atoms with Crippen molar-refractivity contribution in [3.63, 3.8) is 0 Å². The molecule has 2 aromatic rings. The number of hydrogen-bond acceptors (Lipinski definition) is 4. The molecule has 1 aromatic carbocycles. The van der Waals surface area contributed by atoms with E-state index in [2.05, 4.69) is 4.98 Å². The van der Waals surface area contributed by atoms with Crippen LogP contribution in [0.4, 0.5) is 5.69 Å². The fraction of sp³-hybridized carbons (Fsp3) is 0.375. The van der Waals surface area contributed by atoms with E-state index in [9.17, 15) is 4.79 Å². The van der Waals surface area contributed by atoms with E-state index in [1.165, 1.54) is 0 Å². The average molecular weight is 287 g/mol. The monoisotopic (exact) mass is 287 g/mol. The van der Waals surface area contributed by atoms with Crippen LogP contribution < -0.4 is 10.5 Å². The maximum atomic E-state index is 12.3. The number of nitrogens with two attached hydrogens (primary N) is 1. The molecule has 5 heteroatoms. The molecule has 1 atom stereocenters. The van der Waals surface area contributed by atoms with E-state index in [1.807, 2.05) is 26.0 Å². The van der Waals surface area contributed by atoms with Crippen LogP contribution in [-0.4, -0.2) is 35.0 Å². The first-order valence-corrected chi connectivity index (χ1v) is 7.17. The highest BCUT2D eigenvalue weighted by molar-refractivity contribution is 5.94. The lowest BCUT2D eigenvalue weighted by molar-refractivity contribution is -0.137. The minimum absolute atomic E-state index is 0.0269. The molecule has 2 rings (SSSR count). The number of ether oxygens (including phenoxy) is 1. The number of aromatic nitrogens is 1. The van der Waals surface area contributed by atoms with Gasteiger partial charge in [-0.25, -0.2) is 0 Å². The second kappa shape index (κ2) is 6.43. The molecule has 5 nitrogen and oxygen atoms in total. The van der Waals surface area contributed by atoms with Gasteiger partial charge >= 0.3 is 0 Å². The van der Waals surface area contributed by atoms with Crippen LogP contribution in [-0.2, 0) is 4.79 Å². The molecule has 1 amide bonds. The summed E-state index contributed by atoms with van der Waals surface area (Å²) in [4.78, 5) is 18.3. The number of hydrogen-bond donors (Lipinski definition) is 1. The number of pyridine rings is 1. The van der Waals surface area contributed by atoms with Gasteiger partial charge in [0.15, 0.2) is 6.10 Å². The fourth-order valence-electron chi connectivity index (χ4n) is 2.30. The van der Waals surface area contributed by atoms with Gasteiger partial charge in [-0.1, -0.05) is 0 Å². The standard InChI is InChI=1S/C16H21N3O2/c1-4-19(5-2)16(20)11(3)21-14-9-8-13(17)12-7-6-10-18-15(12)14/h6-11H,4-5,17H2,1-3H3. The Hall–Kier alpha value is -2.30. The van der Waals surface area contributed by atoms with Gasteiger partial charge in [0.25, 0.3) is 5.91 Å². The van der Waals surface area contributed by atoms with Gasteiger partial charge in [-0.3, -0.25) is 9.78 Å². The zero-order chi connectivity index (χ0) is 15.4. The van der Waals surface area contributed by atoms with Crippen molar-refractivity contribution in [2.24, 2.45) is 0 Å². The highest BCUT2D eigenvalue weighted by atomic mass is 16.5. The Morgan fingerprint density at radius 3 is 2.71 bits per heavy atom. The molecule has 0 fully saturated rings. The predicted molar refractivity (Wildman–Crippen MR) is 84.2 cm³/mol. The van der Waals surface area contributed by atoms with E-state index < -0.39 is 6.10 Å². The second-order valence-corrected chi connectivity index (χ2v) is 4.82. The van der Waals surface area contributed by atoms with Crippen LogP contribution in [0.2, 0.25) is 0 Å². The summed E-state index contributed by atoms with van der Waals surface area (Å²) >= 11 is 0. The van der Waals surface area contributed by atoms with Gasteiger partial charge in [0, 0.05) is 30.4 Å². The summed E-state index contributed by atoms with van der Waals surface area (Å²) in [5.41, 5.74) is 7.26. The number of nitrogen functional groups attached to an aromatic ring is 1. The molecule has 1 aromatic heterocycles. The Labute approximate surface area is 124 Å². The van der Waals surface area contributed by atoms with Crippen molar-refractivity contribution in [2.75, 3.05) is 18.8 Å². The smallest absolute Gasteiger partial charge is 0.263 e. The molecule has 1 heterocycles. The Balaban J connectivity index is 2.28. The van der Waals surface area contributed by atoms with Crippen molar-refractivity contribution in [1.82, 2.24) is 9.88 Å². The Kier molecular flexibility index (Phi) is 4.62. The number of amides is 1. The molecule has 0 aliphatic heterocycles. The third-order valence-corrected chi connectivity index (χ3v) is 3.49. The van der Waals surface area contributed by atoms with Gasteiger partial charge in [-0.2, -0.15) is 0 Å². The molecule has 0 saturated carbocycles. The molecular weight excluding hydrogens is 266 g/mol. The maximum absolute atomic E-state index is 12.3. The third kappa shape index (κ3) is 3.07. The number of carbonyl (C=O) groups is 1. The van der Waals surface area contributed by atoms with E-state index >= 15 is 0 Å². The van der Waals surface area contributed by atoms with Crippen molar-refractivity contribution in [3.8, 4) is 5.75 Å². The fourth-order valence-corrected chi connectivity index (χ4v) is 2.30. The van der Waals surface area contributed by atoms with Gasteiger partial charge in [0.05, 0.1) is 0 Å². The van der Waals surface area contributed by atoms with Crippen LogP contribution in [0.3, 0.4) is 0 Å². The maximum Gasteiger partial charge on any atom is 0.263 e. The predicted octanol–water partition coefficient (Wildman–Crippen LogP) is 2.45. The zero-order valence-electron chi connectivity index (χ0n) is 12.7. The normalized spacial score (nSPS) is 12.1. The highest BCUT2D eigenvalue weighted by Gasteiger charge is 2.20. The summed E-state index contributed by atoms with van der Waals surface area (Å²) in [6.07, 6.45) is 1.13. The van der Waals surface area contributed by atoms with Crippen molar-refractivity contribution < 1.29 is 9.53 Å². The minimum Gasteiger partial charge on any atom is -0.479 e. The molecular formula is C16H21N3O2. The van der Waals surface area contributed by atoms with E-state index in [-0.39, 0.29) is 5.91 Å². The van der Waals surface area contributed by atoms with E-state index in [1.54, 1.807) is 30.2 Å². The Morgan fingerprint density at radius 1 is 1.33 bits per heavy atom. The van der Waals surface area contributed by atoms with Gasteiger partial charge < -0.3 is 15.4 Å². The number of benzene rings is 1. The lowest BCUT2D eigenvalue weighted by Crippen LogP contribution is -2.40. The number of anilines is 1. The SMILES string of the molecule is CCN(CC)C(=O)C(C)Oc1ccc(N)c2cccnc12. The second-order valence-electron chi connectivity index (χ2n) is 4.82. The Morgan fingerprint density at radius 2 is 2.05 bits per heavy atom. The summed E-state index contributed by atoms with van der Waals surface area (Å²) in [6.45, 7) is 7.00. The van der Waals surface area contributed by atoms with Crippen molar-refractivity contribution in [3.05, 3.63) is 30.5 Å². The van der Waals surface area contributed by atoms with Crippen LogP contribution in [0.25, 0.3) is 10.9 Å². The molecule has 0 aliphatic carbocycles. The van der Waals surface area contributed by atoms with Crippen molar-refractivity contribution in [1.29, 1.82) is 0 Å². The minimum atomic E-state index is -0.557. The van der Waals surface area contributed by atoms with Gasteiger partial charge in [-0.15, -0.1) is 0 Å². The molecule has 0 saturated heterocycles. The largest absolute Gasteiger partial charge is 0.479 e. The molecule has 2 N–H and O–H groups in total. The molecule has 0 aliphatic rings. The summed E-state index contributed by atoms with van der Waals surface area (Å²) in [5, 5.41) is 0.831. The van der Waals surface area contributed by atoms with Crippen LogP contribution in [0.5, 0.6) is 5.75 Å². The van der Waals surface area contributed by atoms with Crippen LogP contribution >= 0.6 is 0 Å². The van der Waals surface area contributed by atoms with Crippen molar-refractivity contribution >= 4 is 22.5 Å². The van der Waals surface area contributed by atoms with Crippen molar-refractivity contribution in [2.45, 2.75) is 26.9 Å². The number of fused-ring (bicyclic) bond motifs is 1. The Bertz CT molecular complexity index is 638. The summed E-state index contributed by atoms with van der Waals surface area (Å²) in [7, 11) is 0. The summed E-state index contributed by atoms with van der Waals surface area (Å²) < 4.78 is 5.82. The van der Waals surface area contributed by atoms with Gasteiger partial charge in [-0.05, 0) is 45.0 Å². The van der Waals surface area contributed by atoms with E-state index in [4.69, 9.17) is 10.5 Å². The molecule has 0 bridgehead atoms. The molecule has 0 spiro atoms.